The van der Waals surface area contributed by atoms with E-state index >= 15 is 0 Å². The molecule has 34 heavy (non-hydrogen) atoms. The molecule has 0 spiro atoms. The molecular formula is C22H25N3O8S. The SMILES string of the molecule is Cc1c(OCC(=O)N2CCN(S(=O)(=O)c3ccc4c(c3)OCCCO4)CC2)cccc1[N+](=O)[O-]. The highest BCUT2D eigenvalue weighted by atomic mass is 32.2. The summed E-state index contributed by atoms with van der Waals surface area (Å²) in [6.45, 7) is 2.92. The van der Waals surface area contributed by atoms with Gasteiger partial charge < -0.3 is 19.1 Å². The van der Waals surface area contributed by atoms with Crippen LogP contribution >= 0.6 is 0 Å². The second kappa shape index (κ2) is 9.85. The maximum atomic E-state index is 13.1. The average Bonchev–Trinajstić information content (AvgIpc) is 3.08. The van der Waals surface area contributed by atoms with E-state index in [9.17, 15) is 23.3 Å². The van der Waals surface area contributed by atoms with Crippen LogP contribution in [-0.2, 0) is 14.8 Å². The van der Waals surface area contributed by atoms with Crippen LogP contribution in [0.15, 0.2) is 41.3 Å². The molecule has 2 aromatic carbocycles. The van der Waals surface area contributed by atoms with Gasteiger partial charge in [0.25, 0.3) is 11.6 Å². The zero-order valence-electron chi connectivity index (χ0n) is 18.6. The molecule has 11 nitrogen and oxygen atoms in total. The third-order valence-corrected chi connectivity index (χ3v) is 7.65. The Morgan fingerprint density at radius 3 is 2.50 bits per heavy atom. The zero-order chi connectivity index (χ0) is 24.3. The van der Waals surface area contributed by atoms with Gasteiger partial charge in [0.15, 0.2) is 18.1 Å². The smallest absolute Gasteiger partial charge is 0.276 e. The molecule has 4 rings (SSSR count). The Labute approximate surface area is 197 Å². The number of nitro groups is 1. The number of fused-ring (bicyclic) bond motifs is 1. The van der Waals surface area contributed by atoms with Gasteiger partial charge in [0.1, 0.15) is 5.75 Å². The summed E-state index contributed by atoms with van der Waals surface area (Å²) in [4.78, 5) is 24.8. The summed E-state index contributed by atoms with van der Waals surface area (Å²) < 4.78 is 44.2. The van der Waals surface area contributed by atoms with Gasteiger partial charge in [0, 0.05) is 44.7 Å². The van der Waals surface area contributed by atoms with Gasteiger partial charge in [-0.2, -0.15) is 4.31 Å². The quantitative estimate of drug-likeness (QED) is 0.443. The Morgan fingerprint density at radius 1 is 1.09 bits per heavy atom. The van der Waals surface area contributed by atoms with Gasteiger partial charge in [0.05, 0.1) is 28.6 Å². The van der Waals surface area contributed by atoms with Crippen LogP contribution in [-0.4, -0.2) is 74.5 Å². The minimum Gasteiger partial charge on any atom is -0.490 e. The Morgan fingerprint density at radius 2 is 1.79 bits per heavy atom. The zero-order valence-corrected chi connectivity index (χ0v) is 19.5. The number of sulfonamides is 1. The van der Waals surface area contributed by atoms with Gasteiger partial charge in [-0.15, -0.1) is 0 Å². The van der Waals surface area contributed by atoms with E-state index in [-0.39, 0.29) is 55.0 Å². The predicted octanol–water partition coefficient (Wildman–Crippen LogP) is 1.98. The molecular weight excluding hydrogens is 466 g/mol. The molecule has 1 fully saturated rings. The molecule has 12 heteroatoms. The van der Waals surface area contributed by atoms with E-state index in [1.807, 2.05) is 0 Å². The maximum absolute atomic E-state index is 13.1. The Bertz CT molecular complexity index is 1190. The molecule has 1 saturated heterocycles. The molecule has 2 aliphatic rings. The van der Waals surface area contributed by atoms with Crippen molar-refractivity contribution in [1.29, 1.82) is 0 Å². The Hall–Kier alpha value is -3.38. The third-order valence-electron chi connectivity index (χ3n) is 5.75. The van der Waals surface area contributed by atoms with E-state index in [0.29, 0.717) is 30.3 Å². The van der Waals surface area contributed by atoms with Crippen molar-refractivity contribution < 1.29 is 32.3 Å². The summed E-state index contributed by atoms with van der Waals surface area (Å²) in [5, 5.41) is 11.1. The van der Waals surface area contributed by atoms with Crippen molar-refractivity contribution in [3.05, 3.63) is 52.1 Å². The van der Waals surface area contributed by atoms with Gasteiger partial charge in [-0.3, -0.25) is 14.9 Å². The fourth-order valence-electron chi connectivity index (χ4n) is 3.82. The highest BCUT2D eigenvalue weighted by molar-refractivity contribution is 7.89. The number of rotatable bonds is 6. The normalized spacial score (nSPS) is 16.6. The van der Waals surface area contributed by atoms with Crippen LogP contribution in [0.1, 0.15) is 12.0 Å². The number of amides is 1. The molecule has 0 saturated carbocycles. The van der Waals surface area contributed by atoms with Crippen LogP contribution in [0.5, 0.6) is 17.2 Å². The number of nitro benzene ring substituents is 1. The number of carbonyl (C=O) groups excluding carboxylic acids is 1. The molecule has 2 aliphatic heterocycles. The van der Waals surface area contributed by atoms with E-state index in [1.54, 1.807) is 19.1 Å². The van der Waals surface area contributed by atoms with Crippen molar-refractivity contribution in [3.8, 4) is 17.2 Å². The van der Waals surface area contributed by atoms with Crippen LogP contribution in [0.4, 0.5) is 5.69 Å². The van der Waals surface area contributed by atoms with Gasteiger partial charge in [-0.25, -0.2) is 8.42 Å². The lowest BCUT2D eigenvalue weighted by Crippen LogP contribution is -2.51. The van der Waals surface area contributed by atoms with Crippen molar-refractivity contribution in [2.24, 2.45) is 0 Å². The van der Waals surface area contributed by atoms with E-state index in [1.165, 1.54) is 33.5 Å². The third kappa shape index (κ3) is 4.92. The van der Waals surface area contributed by atoms with Crippen molar-refractivity contribution >= 4 is 21.6 Å². The van der Waals surface area contributed by atoms with Gasteiger partial charge in [-0.05, 0) is 25.1 Å². The van der Waals surface area contributed by atoms with Gasteiger partial charge >= 0.3 is 0 Å². The molecule has 2 heterocycles. The molecule has 1 amide bonds. The monoisotopic (exact) mass is 491 g/mol. The lowest BCUT2D eigenvalue weighted by molar-refractivity contribution is -0.385. The van der Waals surface area contributed by atoms with Crippen LogP contribution in [0.25, 0.3) is 0 Å². The molecule has 2 aromatic rings. The molecule has 182 valence electrons. The minimum atomic E-state index is -3.77. The first kappa shape index (κ1) is 23.8. The first-order valence-corrected chi connectivity index (χ1v) is 12.3. The predicted molar refractivity (Wildman–Crippen MR) is 121 cm³/mol. The number of nitrogens with zero attached hydrogens (tertiary/aromatic N) is 3. The molecule has 0 N–H and O–H groups in total. The minimum absolute atomic E-state index is 0.0847. The summed E-state index contributed by atoms with van der Waals surface area (Å²) in [7, 11) is -3.77. The fraction of sp³-hybridized carbons (Fsp3) is 0.409. The van der Waals surface area contributed by atoms with E-state index in [0.717, 1.165) is 6.42 Å². The van der Waals surface area contributed by atoms with E-state index in [2.05, 4.69) is 0 Å². The Kier molecular flexibility index (Phi) is 6.89. The van der Waals surface area contributed by atoms with Crippen molar-refractivity contribution in [2.45, 2.75) is 18.2 Å². The summed E-state index contributed by atoms with van der Waals surface area (Å²) >= 11 is 0. The van der Waals surface area contributed by atoms with E-state index in [4.69, 9.17) is 14.2 Å². The van der Waals surface area contributed by atoms with Gasteiger partial charge in [0.2, 0.25) is 10.0 Å². The van der Waals surface area contributed by atoms with Crippen molar-refractivity contribution in [2.75, 3.05) is 46.0 Å². The summed E-state index contributed by atoms with van der Waals surface area (Å²) in [6, 6.07) is 9.00. The summed E-state index contributed by atoms with van der Waals surface area (Å²) in [5.74, 6) is 0.864. The number of hydrogen-bond donors (Lipinski definition) is 0. The topological polar surface area (TPSA) is 129 Å². The second-order valence-corrected chi connectivity index (χ2v) is 9.83. The number of piperazine rings is 1. The molecule has 0 atom stereocenters. The maximum Gasteiger partial charge on any atom is 0.276 e. The number of ether oxygens (including phenoxy) is 3. The second-order valence-electron chi connectivity index (χ2n) is 7.89. The molecule has 0 bridgehead atoms. The van der Waals surface area contributed by atoms with Crippen LogP contribution in [0.2, 0.25) is 0 Å². The summed E-state index contributed by atoms with van der Waals surface area (Å²) in [6.07, 6.45) is 0.719. The van der Waals surface area contributed by atoms with Crippen molar-refractivity contribution in [1.82, 2.24) is 9.21 Å². The Balaban J connectivity index is 1.36. The van der Waals surface area contributed by atoms with Crippen LogP contribution in [0.3, 0.4) is 0 Å². The first-order valence-electron chi connectivity index (χ1n) is 10.8. The highest BCUT2D eigenvalue weighted by Crippen LogP contribution is 2.33. The van der Waals surface area contributed by atoms with Crippen LogP contribution in [0, 0.1) is 17.0 Å². The fourth-order valence-corrected chi connectivity index (χ4v) is 5.26. The number of carbonyl (C=O) groups is 1. The summed E-state index contributed by atoms with van der Waals surface area (Å²) in [5.41, 5.74) is 0.255. The van der Waals surface area contributed by atoms with Gasteiger partial charge in [-0.1, -0.05) is 6.07 Å². The van der Waals surface area contributed by atoms with Crippen LogP contribution < -0.4 is 14.2 Å². The molecule has 0 aromatic heterocycles. The molecule has 0 radical (unpaired) electrons. The standard InChI is InChI=1S/C22H25N3O8S/c1-16-18(25(27)28)4-2-5-19(16)33-15-22(26)23-8-10-24(11-9-23)34(29,30)17-6-7-20-21(14-17)32-13-3-12-31-20/h2,4-7,14H,3,8-13,15H2,1H3. The lowest BCUT2D eigenvalue weighted by Gasteiger charge is -2.34. The van der Waals surface area contributed by atoms with Crippen molar-refractivity contribution in [3.63, 3.8) is 0 Å². The molecule has 0 aliphatic carbocycles. The molecule has 0 unspecified atom stereocenters. The lowest BCUT2D eigenvalue weighted by atomic mass is 10.2. The number of hydrogen-bond acceptors (Lipinski definition) is 8. The van der Waals surface area contributed by atoms with E-state index < -0.39 is 14.9 Å². The number of benzene rings is 2. The highest BCUT2D eigenvalue weighted by Gasteiger charge is 2.31. The first-order chi connectivity index (χ1) is 16.3. The largest absolute Gasteiger partial charge is 0.490 e. The average molecular weight is 492 g/mol.